The zero-order valence-corrected chi connectivity index (χ0v) is 11.4. The Hall–Kier alpha value is -0.180. The molecule has 1 saturated carbocycles. The Bertz CT molecular complexity index is 317. The Balaban J connectivity index is 0.00000128. The predicted octanol–water partition coefficient (Wildman–Crippen LogP) is 3.95. The predicted molar refractivity (Wildman–Crippen MR) is 74.4 cm³/mol. The first-order chi connectivity index (χ1) is 7.24. The third-order valence-electron chi connectivity index (χ3n) is 3.41. The topological polar surface area (TPSA) is 26.0 Å². The molecule has 0 saturated heterocycles. The fraction of sp³-hybridized carbons (Fsp3) is 0.538. The van der Waals surface area contributed by atoms with E-state index in [1.54, 1.807) is 11.8 Å². The molecule has 3 heteroatoms. The van der Waals surface area contributed by atoms with E-state index < -0.39 is 0 Å². The molecule has 0 unspecified atom stereocenters. The molecule has 0 spiro atoms. The number of rotatable bonds is 2. The summed E-state index contributed by atoms with van der Waals surface area (Å²) >= 11 is 1.78. The van der Waals surface area contributed by atoms with Gasteiger partial charge in [-0.15, -0.1) is 24.2 Å². The molecule has 1 aromatic carbocycles. The summed E-state index contributed by atoms with van der Waals surface area (Å²) in [5.74, 6) is 0. The Morgan fingerprint density at radius 3 is 2.12 bits per heavy atom. The van der Waals surface area contributed by atoms with Crippen LogP contribution in [0, 0.1) is 0 Å². The summed E-state index contributed by atoms with van der Waals surface area (Å²) in [5, 5.41) is 0. The molecular formula is C13H20ClNS. The van der Waals surface area contributed by atoms with Crippen molar-refractivity contribution in [3.05, 3.63) is 29.8 Å². The van der Waals surface area contributed by atoms with Crippen LogP contribution in [-0.2, 0) is 5.54 Å². The minimum Gasteiger partial charge on any atom is -0.321 e. The molecule has 16 heavy (non-hydrogen) atoms. The van der Waals surface area contributed by atoms with Gasteiger partial charge in [-0.25, -0.2) is 0 Å². The van der Waals surface area contributed by atoms with Crippen LogP contribution in [0.5, 0.6) is 0 Å². The molecule has 1 aliphatic carbocycles. The second-order valence-electron chi connectivity index (χ2n) is 4.45. The lowest BCUT2D eigenvalue weighted by molar-refractivity contribution is 0.302. The number of hydrogen-bond donors (Lipinski definition) is 1. The molecule has 2 rings (SSSR count). The zero-order valence-electron chi connectivity index (χ0n) is 9.74. The number of halogens is 1. The monoisotopic (exact) mass is 257 g/mol. The summed E-state index contributed by atoms with van der Waals surface area (Å²) in [4.78, 5) is 1.32. The lowest BCUT2D eigenvalue weighted by Crippen LogP contribution is -2.38. The van der Waals surface area contributed by atoms with Gasteiger partial charge in [0.2, 0.25) is 0 Å². The van der Waals surface area contributed by atoms with Gasteiger partial charge in [0.05, 0.1) is 0 Å². The molecule has 0 radical (unpaired) electrons. The average molecular weight is 258 g/mol. The van der Waals surface area contributed by atoms with Crippen molar-refractivity contribution in [2.75, 3.05) is 6.26 Å². The lowest BCUT2D eigenvalue weighted by atomic mass is 9.77. The van der Waals surface area contributed by atoms with Gasteiger partial charge in [-0.05, 0) is 36.8 Å². The van der Waals surface area contributed by atoms with Crippen molar-refractivity contribution in [3.8, 4) is 0 Å². The highest BCUT2D eigenvalue weighted by atomic mass is 35.5. The average Bonchev–Trinajstić information content (AvgIpc) is 2.30. The van der Waals surface area contributed by atoms with Crippen molar-refractivity contribution in [1.82, 2.24) is 0 Å². The van der Waals surface area contributed by atoms with Gasteiger partial charge in [-0.3, -0.25) is 0 Å². The first-order valence-electron chi connectivity index (χ1n) is 5.68. The first-order valence-corrected chi connectivity index (χ1v) is 6.90. The molecule has 0 bridgehead atoms. The van der Waals surface area contributed by atoms with E-state index in [9.17, 15) is 0 Å². The summed E-state index contributed by atoms with van der Waals surface area (Å²) in [6.45, 7) is 0. The van der Waals surface area contributed by atoms with Crippen molar-refractivity contribution in [2.24, 2.45) is 5.73 Å². The fourth-order valence-electron chi connectivity index (χ4n) is 2.39. The van der Waals surface area contributed by atoms with Crippen molar-refractivity contribution in [2.45, 2.75) is 42.5 Å². The number of thioether (sulfide) groups is 1. The van der Waals surface area contributed by atoms with Crippen molar-refractivity contribution >= 4 is 24.2 Å². The normalized spacial score (nSPS) is 18.9. The van der Waals surface area contributed by atoms with Crippen LogP contribution >= 0.6 is 24.2 Å². The maximum absolute atomic E-state index is 6.47. The summed E-state index contributed by atoms with van der Waals surface area (Å²) in [6, 6.07) is 8.78. The molecule has 0 aliphatic heterocycles. The minimum atomic E-state index is -0.0464. The second kappa shape index (κ2) is 5.95. The Morgan fingerprint density at radius 1 is 1.06 bits per heavy atom. The summed E-state index contributed by atoms with van der Waals surface area (Å²) < 4.78 is 0. The van der Waals surface area contributed by atoms with Crippen LogP contribution in [0.2, 0.25) is 0 Å². The van der Waals surface area contributed by atoms with E-state index >= 15 is 0 Å². The standard InChI is InChI=1S/C13H19NS.ClH/c1-15-12-7-5-11(6-8-12)13(14)9-3-2-4-10-13;/h5-8H,2-4,9-10,14H2,1H3;1H. The van der Waals surface area contributed by atoms with E-state index in [0.29, 0.717) is 0 Å². The van der Waals surface area contributed by atoms with Crippen LogP contribution in [0.25, 0.3) is 0 Å². The van der Waals surface area contributed by atoms with Gasteiger partial charge < -0.3 is 5.73 Å². The molecule has 1 fully saturated rings. The van der Waals surface area contributed by atoms with E-state index in [-0.39, 0.29) is 17.9 Å². The van der Waals surface area contributed by atoms with E-state index in [1.165, 1.54) is 29.7 Å². The molecule has 0 heterocycles. The highest BCUT2D eigenvalue weighted by Gasteiger charge is 2.28. The van der Waals surface area contributed by atoms with Crippen LogP contribution in [-0.4, -0.2) is 6.26 Å². The molecule has 1 aromatic rings. The number of benzene rings is 1. The molecule has 0 atom stereocenters. The molecule has 1 nitrogen and oxygen atoms in total. The van der Waals surface area contributed by atoms with Crippen LogP contribution in [0.3, 0.4) is 0 Å². The van der Waals surface area contributed by atoms with E-state index in [1.807, 2.05) is 0 Å². The van der Waals surface area contributed by atoms with Gasteiger partial charge in [0, 0.05) is 10.4 Å². The minimum absolute atomic E-state index is 0. The smallest absolute Gasteiger partial charge is 0.0409 e. The number of hydrogen-bond acceptors (Lipinski definition) is 2. The lowest BCUT2D eigenvalue weighted by Gasteiger charge is -2.34. The fourth-order valence-corrected chi connectivity index (χ4v) is 2.80. The van der Waals surface area contributed by atoms with E-state index in [4.69, 9.17) is 5.73 Å². The van der Waals surface area contributed by atoms with Crippen molar-refractivity contribution < 1.29 is 0 Å². The Morgan fingerprint density at radius 2 is 1.62 bits per heavy atom. The maximum Gasteiger partial charge on any atom is 0.0409 e. The van der Waals surface area contributed by atoms with E-state index in [2.05, 4.69) is 30.5 Å². The highest BCUT2D eigenvalue weighted by Crippen LogP contribution is 2.35. The van der Waals surface area contributed by atoms with Gasteiger partial charge in [-0.1, -0.05) is 31.4 Å². The number of nitrogens with two attached hydrogens (primary N) is 1. The maximum atomic E-state index is 6.47. The quantitative estimate of drug-likeness (QED) is 0.812. The van der Waals surface area contributed by atoms with Crippen molar-refractivity contribution in [1.29, 1.82) is 0 Å². The summed E-state index contributed by atoms with van der Waals surface area (Å²) in [6.07, 6.45) is 8.30. The van der Waals surface area contributed by atoms with Crippen molar-refractivity contribution in [3.63, 3.8) is 0 Å². The van der Waals surface area contributed by atoms with Crippen LogP contribution in [0.15, 0.2) is 29.2 Å². The summed E-state index contributed by atoms with van der Waals surface area (Å²) in [7, 11) is 0. The SMILES string of the molecule is CSc1ccc(C2(N)CCCCC2)cc1.Cl. The van der Waals surface area contributed by atoms with Crippen LogP contribution in [0.1, 0.15) is 37.7 Å². The molecule has 1 aliphatic rings. The van der Waals surface area contributed by atoms with Gasteiger partial charge in [0.15, 0.2) is 0 Å². The highest BCUT2D eigenvalue weighted by molar-refractivity contribution is 7.98. The third-order valence-corrected chi connectivity index (χ3v) is 4.15. The molecule has 90 valence electrons. The molecular weight excluding hydrogens is 238 g/mol. The van der Waals surface area contributed by atoms with Gasteiger partial charge in [-0.2, -0.15) is 0 Å². The van der Waals surface area contributed by atoms with Gasteiger partial charge >= 0.3 is 0 Å². The van der Waals surface area contributed by atoms with Gasteiger partial charge in [0.1, 0.15) is 0 Å². The van der Waals surface area contributed by atoms with Crippen LogP contribution in [0.4, 0.5) is 0 Å². The third kappa shape index (κ3) is 2.93. The van der Waals surface area contributed by atoms with Gasteiger partial charge in [0.25, 0.3) is 0 Å². The Labute approximate surface area is 109 Å². The second-order valence-corrected chi connectivity index (χ2v) is 5.32. The summed E-state index contributed by atoms with van der Waals surface area (Å²) in [5.41, 5.74) is 7.74. The molecule has 0 aromatic heterocycles. The molecule has 2 N–H and O–H groups in total. The largest absolute Gasteiger partial charge is 0.321 e. The van der Waals surface area contributed by atoms with Crippen LogP contribution < -0.4 is 5.73 Å². The van der Waals surface area contributed by atoms with E-state index in [0.717, 1.165) is 12.8 Å². The molecule has 0 amide bonds. The Kier molecular flexibility index (Phi) is 5.16. The zero-order chi connectivity index (χ0) is 10.7. The first kappa shape index (κ1) is 13.9.